The number of thiocarbonyl (C=S) groups is 1. The number of nitrogens with zero attached hydrogens (tertiary/aromatic N) is 2. The molecule has 0 aromatic heterocycles. The zero-order valence-electron chi connectivity index (χ0n) is 17.1. The molecule has 1 aliphatic heterocycles. The number of hydrogen-bond donors (Lipinski definition) is 1. The van der Waals surface area contributed by atoms with E-state index in [1.54, 1.807) is 24.3 Å². The van der Waals surface area contributed by atoms with Crippen LogP contribution in [0.15, 0.2) is 59.1 Å². The summed E-state index contributed by atoms with van der Waals surface area (Å²) in [5, 5.41) is 11.8. The summed E-state index contributed by atoms with van der Waals surface area (Å²) < 4.78 is 11.9. The first-order valence-electron chi connectivity index (χ1n) is 9.37. The maximum atomic E-state index is 12.7. The number of hydrogen-bond acceptors (Lipinski definition) is 6. The fourth-order valence-electron chi connectivity index (χ4n) is 3.02. The van der Waals surface area contributed by atoms with Crippen molar-refractivity contribution in [3.8, 4) is 17.6 Å². The third-order valence-electron chi connectivity index (χ3n) is 4.57. The summed E-state index contributed by atoms with van der Waals surface area (Å²) in [6.07, 6.45) is 2.98. The van der Waals surface area contributed by atoms with Gasteiger partial charge in [0.2, 0.25) is 0 Å². The summed E-state index contributed by atoms with van der Waals surface area (Å²) in [6, 6.07) is 12.6. The SMILES string of the molecule is C=CCN1C(=O)/C(=C/c2cc(Br)c(OCc3ccccc3C#N)c(OC)c2)C(=O)NC1=S. The number of carbonyl (C=O) groups is 2. The minimum atomic E-state index is -0.580. The van der Waals surface area contributed by atoms with Crippen LogP contribution in [0.3, 0.4) is 0 Å². The van der Waals surface area contributed by atoms with Crippen LogP contribution in [0.2, 0.25) is 0 Å². The first kappa shape index (κ1) is 23.2. The molecule has 9 heteroatoms. The van der Waals surface area contributed by atoms with Crippen LogP contribution in [0.25, 0.3) is 6.08 Å². The second-order valence-corrected chi connectivity index (χ2v) is 7.85. The maximum Gasteiger partial charge on any atom is 0.265 e. The molecule has 162 valence electrons. The Morgan fingerprint density at radius 3 is 2.75 bits per heavy atom. The lowest BCUT2D eigenvalue weighted by molar-refractivity contribution is -0.128. The Morgan fingerprint density at radius 2 is 2.06 bits per heavy atom. The van der Waals surface area contributed by atoms with Gasteiger partial charge in [-0.3, -0.25) is 19.8 Å². The fraction of sp³-hybridized carbons (Fsp3) is 0.130. The Labute approximate surface area is 199 Å². The van der Waals surface area contributed by atoms with E-state index in [-0.39, 0.29) is 23.8 Å². The monoisotopic (exact) mass is 511 g/mol. The van der Waals surface area contributed by atoms with Gasteiger partial charge in [0, 0.05) is 12.1 Å². The van der Waals surface area contributed by atoms with E-state index in [9.17, 15) is 14.9 Å². The van der Waals surface area contributed by atoms with E-state index in [2.05, 4.69) is 33.9 Å². The quantitative estimate of drug-likeness (QED) is 0.263. The highest BCUT2D eigenvalue weighted by Crippen LogP contribution is 2.38. The van der Waals surface area contributed by atoms with Crippen LogP contribution >= 0.6 is 28.1 Å². The molecule has 7 nitrogen and oxygen atoms in total. The van der Waals surface area contributed by atoms with Gasteiger partial charge in [-0.1, -0.05) is 24.3 Å². The maximum absolute atomic E-state index is 12.7. The van der Waals surface area contributed by atoms with Crippen molar-refractivity contribution in [2.24, 2.45) is 0 Å². The number of rotatable bonds is 7. The molecule has 0 saturated carbocycles. The Kier molecular flexibility index (Phi) is 7.41. The predicted octanol–water partition coefficient (Wildman–Crippen LogP) is 3.72. The number of halogens is 1. The van der Waals surface area contributed by atoms with Crippen LogP contribution in [0.5, 0.6) is 11.5 Å². The number of benzene rings is 2. The molecule has 0 atom stereocenters. The average molecular weight is 512 g/mol. The van der Waals surface area contributed by atoms with Crippen molar-refractivity contribution < 1.29 is 19.1 Å². The summed E-state index contributed by atoms with van der Waals surface area (Å²) in [4.78, 5) is 26.4. The molecule has 0 bridgehead atoms. The second kappa shape index (κ2) is 10.2. The van der Waals surface area contributed by atoms with Crippen molar-refractivity contribution >= 4 is 51.2 Å². The van der Waals surface area contributed by atoms with Crippen LogP contribution in [0.4, 0.5) is 0 Å². The number of carbonyl (C=O) groups excluding carboxylic acids is 2. The van der Waals surface area contributed by atoms with Gasteiger partial charge in [0.05, 0.1) is 23.2 Å². The van der Waals surface area contributed by atoms with Crippen LogP contribution in [-0.2, 0) is 16.2 Å². The van der Waals surface area contributed by atoms with Gasteiger partial charge in [-0.05, 0) is 58.0 Å². The van der Waals surface area contributed by atoms with Crippen molar-refractivity contribution in [2.45, 2.75) is 6.61 Å². The zero-order chi connectivity index (χ0) is 23.3. The lowest BCUT2D eigenvalue weighted by Crippen LogP contribution is -2.53. The highest BCUT2D eigenvalue weighted by molar-refractivity contribution is 9.10. The molecule has 1 saturated heterocycles. The average Bonchev–Trinajstić information content (AvgIpc) is 2.78. The Hall–Kier alpha value is -3.48. The number of ether oxygens (including phenoxy) is 2. The zero-order valence-corrected chi connectivity index (χ0v) is 19.5. The molecule has 0 unspecified atom stereocenters. The van der Waals surface area contributed by atoms with Gasteiger partial charge in [0.25, 0.3) is 11.8 Å². The lowest BCUT2D eigenvalue weighted by Gasteiger charge is -2.27. The van der Waals surface area contributed by atoms with Crippen LogP contribution in [0, 0.1) is 11.3 Å². The highest BCUT2D eigenvalue weighted by atomic mass is 79.9. The van der Waals surface area contributed by atoms with E-state index >= 15 is 0 Å². The number of nitriles is 1. The molecule has 0 radical (unpaired) electrons. The van der Waals surface area contributed by atoms with E-state index in [0.717, 1.165) is 5.56 Å². The summed E-state index contributed by atoms with van der Waals surface area (Å²) in [7, 11) is 1.48. The summed E-state index contributed by atoms with van der Waals surface area (Å²) in [5.74, 6) is -0.273. The van der Waals surface area contributed by atoms with Gasteiger partial charge in [-0.15, -0.1) is 6.58 Å². The molecule has 1 N–H and O–H groups in total. The largest absolute Gasteiger partial charge is 0.493 e. The molecular formula is C23H18BrN3O4S. The minimum Gasteiger partial charge on any atom is -0.493 e. The van der Waals surface area contributed by atoms with Gasteiger partial charge in [0.15, 0.2) is 16.6 Å². The van der Waals surface area contributed by atoms with E-state index in [0.29, 0.717) is 27.1 Å². The number of amides is 2. The topological polar surface area (TPSA) is 91.7 Å². The number of nitrogens with one attached hydrogen (secondary N) is 1. The minimum absolute atomic E-state index is 0.0391. The molecule has 32 heavy (non-hydrogen) atoms. The molecule has 1 aliphatic rings. The van der Waals surface area contributed by atoms with Gasteiger partial charge in [-0.25, -0.2) is 0 Å². The third kappa shape index (κ3) is 4.88. The fourth-order valence-corrected chi connectivity index (χ4v) is 3.85. The molecule has 3 rings (SSSR count). The van der Waals surface area contributed by atoms with Crippen molar-refractivity contribution in [2.75, 3.05) is 13.7 Å². The molecular weight excluding hydrogens is 494 g/mol. The Balaban J connectivity index is 1.91. The summed E-state index contributed by atoms with van der Waals surface area (Å²) in [5.41, 5.74) is 1.74. The normalized spacial score (nSPS) is 14.7. The van der Waals surface area contributed by atoms with Gasteiger partial charge in [-0.2, -0.15) is 5.26 Å². The van der Waals surface area contributed by atoms with Crippen molar-refractivity contribution in [1.82, 2.24) is 10.2 Å². The lowest BCUT2D eigenvalue weighted by atomic mass is 10.1. The van der Waals surface area contributed by atoms with Crippen LogP contribution in [0.1, 0.15) is 16.7 Å². The van der Waals surface area contributed by atoms with Crippen LogP contribution in [-0.4, -0.2) is 35.5 Å². The smallest absolute Gasteiger partial charge is 0.265 e. The van der Waals surface area contributed by atoms with E-state index in [4.69, 9.17) is 21.7 Å². The van der Waals surface area contributed by atoms with Gasteiger partial charge < -0.3 is 9.47 Å². The Bertz CT molecular complexity index is 1190. The Morgan fingerprint density at radius 1 is 1.31 bits per heavy atom. The third-order valence-corrected chi connectivity index (χ3v) is 5.48. The predicted molar refractivity (Wildman–Crippen MR) is 127 cm³/mol. The molecule has 2 aromatic rings. The van der Waals surface area contributed by atoms with Crippen molar-refractivity contribution in [1.29, 1.82) is 5.26 Å². The molecule has 1 fully saturated rings. The van der Waals surface area contributed by atoms with Gasteiger partial charge in [0.1, 0.15) is 12.2 Å². The van der Waals surface area contributed by atoms with E-state index in [1.165, 1.54) is 24.2 Å². The van der Waals surface area contributed by atoms with Crippen molar-refractivity contribution in [3.05, 3.63) is 75.8 Å². The summed E-state index contributed by atoms with van der Waals surface area (Å²) in [6.45, 7) is 3.95. The van der Waals surface area contributed by atoms with Crippen LogP contribution < -0.4 is 14.8 Å². The van der Waals surface area contributed by atoms with Gasteiger partial charge >= 0.3 is 0 Å². The number of methoxy groups -OCH3 is 1. The second-order valence-electron chi connectivity index (χ2n) is 6.61. The molecule has 2 amide bonds. The van der Waals surface area contributed by atoms with E-state index in [1.807, 2.05) is 12.1 Å². The summed E-state index contributed by atoms with van der Waals surface area (Å²) >= 11 is 8.52. The first-order valence-corrected chi connectivity index (χ1v) is 10.6. The molecule has 0 spiro atoms. The first-order chi connectivity index (χ1) is 15.4. The highest BCUT2D eigenvalue weighted by Gasteiger charge is 2.32. The molecule has 1 heterocycles. The van der Waals surface area contributed by atoms with Crippen molar-refractivity contribution in [3.63, 3.8) is 0 Å². The standard InChI is InChI=1S/C23H18BrN3O4S/c1-3-8-27-22(29)17(21(28)26-23(27)32)9-14-10-18(24)20(19(11-14)30-2)31-13-16-7-5-4-6-15(16)12-25/h3-7,9-11H,1,8,13H2,2H3,(H,26,28,32)/b17-9+. The molecule has 0 aliphatic carbocycles. The van der Waals surface area contributed by atoms with E-state index < -0.39 is 11.8 Å². The molecule has 2 aromatic carbocycles.